The van der Waals surface area contributed by atoms with E-state index < -0.39 is 10.0 Å². The number of benzene rings is 1. The third-order valence-electron chi connectivity index (χ3n) is 7.05. The Labute approximate surface area is 251 Å². The molecule has 3 aromatic heterocycles. The maximum atomic E-state index is 12.2. The van der Waals surface area contributed by atoms with Crippen LogP contribution in [0.4, 0.5) is 5.95 Å². The van der Waals surface area contributed by atoms with Crippen molar-refractivity contribution in [3.05, 3.63) is 76.4 Å². The van der Waals surface area contributed by atoms with Crippen LogP contribution in [0.2, 0.25) is 0 Å². The first-order valence-electron chi connectivity index (χ1n) is 14.1. The van der Waals surface area contributed by atoms with Crippen LogP contribution in [0.15, 0.2) is 53.5 Å². The Morgan fingerprint density at radius 1 is 1.09 bits per heavy atom. The summed E-state index contributed by atoms with van der Waals surface area (Å²) in [5.41, 5.74) is 3.82. The molecule has 0 spiro atoms. The van der Waals surface area contributed by atoms with Crippen LogP contribution in [-0.4, -0.2) is 56.9 Å². The van der Waals surface area contributed by atoms with Crippen LogP contribution in [0, 0.1) is 13.8 Å². The molecule has 43 heavy (non-hydrogen) atoms. The molecule has 226 valence electrons. The standard InChI is InChI=1S/C30H36N8O4S/c1-6-22(16-24(18-41-7-2)43(31,39)40)25-12-13-26-27(34-25)28(42-30(5)14-15-30)36-29(35-26)32-17-21-8-10-23(11-9-21)38-20(4)33-19(3)37-38/h6,8-13,16H,7,14-15,17-18H2,1-5H3,(H2,31,39,40)(H,32,35,36)/b22-6+,24-16+. The summed E-state index contributed by atoms with van der Waals surface area (Å²) < 4.78 is 37.8. The second-order valence-electron chi connectivity index (χ2n) is 10.6. The molecule has 12 nitrogen and oxygen atoms in total. The number of fused-ring (bicyclic) bond motifs is 1. The third-order valence-corrected chi connectivity index (χ3v) is 8.02. The number of hydrogen-bond acceptors (Lipinski definition) is 10. The molecule has 0 amide bonds. The van der Waals surface area contributed by atoms with E-state index in [-0.39, 0.29) is 17.1 Å². The number of nitrogens with zero attached hydrogens (tertiary/aromatic N) is 6. The number of pyridine rings is 1. The highest BCUT2D eigenvalue weighted by atomic mass is 32.2. The minimum absolute atomic E-state index is 0.0401. The number of hydrogen-bond donors (Lipinski definition) is 2. The molecule has 1 fully saturated rings. The SMILES string of the molecule is C/C=C(\C=C(/COCC)S(N)(=O)=O)c1ccc2nc(NCc3ccc(-n4nc(C)nc4C)cc3)nc(OC3(C)CC3)c2n1. The Kier molecular flexibility index (Phi) is 8.58. The molecule has 3 N–H and O–H groups in total. The summed E-state index contributed by atoms with van der Waals surface area (Å²) in [6.07, 6.45) is 5.07. The Morgan fingerprint density at radius 3 is 2.44 bits per heavy atom. The van der Waals surface area contributed by atoms with Crippen molar-refractivity contribution in [3.8, 4) is 11.6 Å². The first-order valence-corrected chi connectivity index (χ1v) is 15.6. The van der Waals surface area contributed by atoms with Crippen molar-refractivity contribution >= 4 is 32.6 Å². The van der Waals surface area contributed by atoms with Crippen LogP contribution in [0.25, 0.3) is 22.3 Å². The first kappa shape index (κ1) is 30.3. The van der Waals surface area contributed by atoms with Crippen molar-refractivity contribution in [1.82, 2.24) is 29.7 Å². The molecular weight excluding hydrogens is 568 g/mol. The van der Waals surface area contributed by atoms with Crippen molar-refractivity contribution in [2.45, 2.75) is 59.6 Å². The summed E-state index contributed by atoms with van der Waals surface area (Å²) in [5.74, 6) is 2.33. The predicted octanol–water partition coefficient (Wildman–Crippen LogP) is 4.38. The minimum atomic E-state index is -3.97. The van der Waals surface area contributed by atoms with Crippen molar-refractivity contribution in [1.29, 1.82) is 0 Å². The lowest BCUT2D eigenvalue weighted by Gasteiger charge is -2.16. The number of primary sulfonamides is 1. The summed E-state index contributed by atoms with van der Waals surface area (Å²) in [6, 6.07) is 11.6. The van der Waals surface area contributed by atoms with Crippen molar-refractivity contribution < 1.29 is 17.9 Å². The smallest absolute Gasteiger partial charge is 0.246 e. The Balaban J connectivity index is 1.42. The van der Waals surface area contributed by atoms with Gasteiger partial charge in [-0.3, -0.25) is 0 Å². The highest BCUT2D eigenvalue weighted by Crippen LogP contribution is 2.40. The van der Waals surface area contributed by atoms with E-state index in [1.54, 1.807) is 26.0 Å². The number of allylic oxidation sites excluding steroid dienone is 3. The van der Waals surface area contributed by atoms with Gasteiger partial charge in [0.15, 0.2) is 5.52 Å². The summed E-state index contributed by atoms with van der Waals surface area (Å²) >= 11 is 0. The number of aromatic nitrogens is 6. The summed E-state index contributed by atoms with van der Waals surface area (Å²) in [4.78, 5) is 18.5. The van der Waals surface area contributed by atoms with Gasteiger partial charge in [0.1, 0.15) is 17.2 Å². The van der Waals surface area contributed by atoms with Crippen LogP contribution in [0.1, 0.15) is 56.5 Å². The van der Waals surface area contributed by atoms with Gasteiger partial charge in [-0.05, 0) is 88.9 Å². The van der Waals surface area contributed by atoms with Gasteiger partial charge in [0, 0.05) is 13.2 Å². The van der Waals surface area contributed by atoms with Gasteiger partial charge in [-0.2, -0.15) is 10.1 Å². The van der Waals surface area contributed by atoms with E-state index >= 15 is 0 Å². The Bertz CT molecular complexity index is 1810. The summed E-state index contributed by atoms with van der Waals surface area (Å²) in [7, 11) is -3.97. The Hall–Kier alpha value is -4.20. The Morgan fingerprint density at radius 2 is 1.84 bits per heavy atom. The molecule has 1 aliphatic rings. The molecule has 0 radical (unpaired) electrons. The molecular formula is C30H36N8O4S. The lowest BCUT2D eigenvalue weighted by molar-refractivity contribution is 0.175. The average Bonchev–Trinajstić information content (AvgIpc) is 3.60. The highest BCUT2D eigenvalue weighted by Gasteiger charge is 2.41. The zero-order chi connectivity index (χ0) is 30.8. The number of anilines is 1. The lowest BCUT2D eigenvalue weighted by Crippen LogP contribution is -2.18. The third kappa shape index (κ3) is 7.24. The number of aryl methyl sites for hydroxylation is 2. The predicted molar refractivity (Wildman–Crippen MR) is 165 cm³/mol. The van der Waals surface area contributed by atoms with Gasteiger partial charge in [-0.25, -0.2) is 33.2 Å². The second kappa shape index (κ2) is 12.2. The topological polar surface area (TPSA) is 160 Å². The van der Waals surface area contributed by atoms with Crippen LogP contribution < -0.4 is 15.2 Å². The van der Waals surface area contributed by atoms with E-state index in [4.69, 9.17) is 19.6 Å². The zero-order valence-electron chi connectivity index (χ0n) is 25.0. The van der Waals surface area contributed by atoms with Gasteiger partial charge in [0.2, 0.25) is 21.9 Å². The van der Waals surface area contributed by atoms with Crippen LogP contribution in [-0.2, 0) is 21.3 Å². The fourth-order valence-corrected chi connectivity index (χ4v) is 4.94. The van der Waals surface area contributed by atoms with Crippen LogP contribution in [0.5, 0.6) is 5.88 Å². The van der Waals surface area contributed by atoms with E-state index in [1.165, 1.54) is 6.08 Å². The molecule has 3 heterocycles. The number of nitrogens with one attached hydrogen (secondary N) is 1. The molecule has 0 bridgehead atoms. The van der Waals surface area contributed by atoms with Crippen molar-refractivity contribution in [2.75, 3.05) is 18.5 Å². The van der Waals surface area contributed by atoms with Gasteiger partial charge < -0.3 is 14.8 Å². The number of sulfonamides is 1. The van der Waals surface area contributed by atoms with Gasteiger partial charge in [-0.15, -0.1) is 0 Å². The molecule has 0 atom stereocenters. The first-order chi connectivity index (χ1) is 20.5. The number of ether oxygens (including phenoxy) is 2. The molecule has 0 unspecified atom stereocenters. The maximum absolute atomic E-state index is 12.2. The highest BCUT2D eigenvalue weighted by molar-refractivity contribution is 7.93. The van der Waals surface area contributed by atoms with Crippen molar-refractivity contribution in [2.24, 2.45) is 5.14 Å². The summed E-state index contributed by atoms with van der Waals surface area (Å²) in [5, 5.41) is 13.2. The van der Waals surface area contributed by atoms with E-state index in [9.17, 15) is 8.42 Å². The molecule has 0 saturated heterocycles. The molecule has 4 aromatic rings. The molecule has 1 aliphatic carbocycles. The fourth-order valence-electron chi connectivity index (χ4n) is 4.40. The van der Waals surface area contributed by atoms with Gasteiger partial charge in [0.05, 0.1) is 28.4 Å². The monoisotopic (exact) mass is 604 g/mol. The van der Waals surface area contributed by atoms with E-state index in [2.05, 4.69) is 25.4 Å². The maximum Gasteiger partial charge on any atom is 0.246 e. The lowest BCUT2D eigenvalue weighted by atomic mass is 10.1. The minimum Gasteiger partial charge on any atom is -0.470 e. The quantitative estimate of drug-likeness (QED) is 0.222. The van der Waals surface area contributed by atoms with Crippen molar-refractivity contribution in [3.63, 3.8) is 0 Å². The van der Waals surface area contributed by atoms with Gasteiger partial charge >= 0.3 is 0 Å². The van der Waals surface area contributed by atoms with Gasteiger partial charge in [0.25, 0.3) is 0 Å². The molecule has 5 rings (SSSR count). The molecule has 0 aliphatic heterocycles. The van der Waals surface area contributed by atoms with E-state index in [1.807, 2.05) is 55.8 Å². The van der Waals surface area contributed by atoms with E-state index in [0.29, 0.717) is 47.3 Å². The largest absolute Gasteiger partial charge is 0.470 e. The molecule has 13 heteroatoms. The summed E-state index contributed by atoms with van der Waals surface area (Å²) in [6.45, 7) is 10.1. The fraction of sp³-hybridized carbons (Fsp3) is 0.367. The van der Waals surface area contributed by atoms with Gasteiger partial charge in [-0.1, -0.05) is 18.2 Å². The zero-order valence-corrected chi connectivity index (χ0v) is 25.8. The normalized spacial score (nSPS) is 15.1. The number of rotatable bonds is 12. The molecule has 1 saturated carbocycles. The molecule has 1 aromatic carbocycles. The van der Waals surface area contributed by atoms with E-state index in [0.717, 1.165) is 35.7 Å². The average molecular weight is 605 g/mol. The second-order valence-corrected chi connectivity index (χ2v) is 12.3. The number of nitrogens with two attached hydrogens (primary N) is 1. The van der Waals surface area contributed by atoms with Crippen LogP contribution in [0.3, 0.4) is 0 Å². The van der Waals surface area contributed by atoms with Crippen LogP contribution >= 0.6 is 0 Å².